The first-order chi connectivity index (χ1) is 16.2. The molecule has 178 valence electrons. The van der Waals surface area contributed by atoms with Gasteiger partial charge in [-0.2, -0.15) is 0 Å². The van der Waals surface area contributed by atoms with Gasteiger partial charge in [-0.05, 0) is 86.5 Å². The zero-order chi connectivity index (χ0) is 23.6. The molecule has 0 aliphatic heterocycles. The lowest BCUT2D eigenvalue weighted by Gasteiger charge is -2.12. The molecule has 0 atom stereocenters. The summed E-state index contributed by atoms with van der Waals surface area (Å²) in [5.74, 6) is 0.859. The van der Waals surface area contributed by atoms with Crippen LogP contribution in [0, 0.1) is 5.92 Å². The molecular formula is C30H43N3. The lowest BCUT2D eigenvalue weighted by Crippen LogP contribution is -2.08. The van der Waals surface area contributed by atoms with Crippen LogP contribution in [0.5, 0.6) is 0 Å². The van der Waals surface area contributed by atoms with Gasteiger partial charge in [0.1, 0.15) is 0 Å². The Kier molecular flexibility index (Phi) is 9.75. The first-order valence-electron chi connectivity index (χ1n) is 13.2. The number of pyridine rings is 1. The zero-order valence-corrected chi connectivity index (χ0v) is 21.4. The van der Waals surface area contributed by atoms with Gasteiger partial charge in [-0.25, -0.2) is 4.98 Å². The van der Waals surface area contributed by atoms with Crippen LogP contribution < -0.4 is 10.6 Å². The summed E-state index contributed by atoms with van der Waals surface area (Å²) < 4.78 is 0. The number of nitrogens with one attached hydrogen (secondary N) is 2. The van der Waals surface area contributed by atoms with Gasteiger partial charge in [0.2, 0.25) is 0 Å². The van der Waals surface area contributed by atoms with E-state index < -0.39 is 0 Å². The molecule has 0 bridgehead atoms. The Hall–Kier alpha value is -2.39. The molecule has 0 amide bonds. The Balaban J connectivity index is 0.000000464. The molecule has 1 aromatic heterocycles. The van der Waals surface area contributed by atoms with E-state index in [2.05, 4.69) is 66.9 Å². The minimum atomic E-state index is 0.859. The maximum atomic E-state index is 5.00. The number of anilines is 1. The molecule has 1 fully saturated rings. The third-order valence-electron chi connectivity index (χ3n) is 6.31. The molecular weight excluding hydrogens is 402 g/mol. The summed E-state index contributed by atoms with van der Waals surface area (Å²) in [4.78, 5) is 5.00. The molecule has 0 spiro atoms. The van der Waals surface area contributed by atoms with E-state index in [0.29, 0.717) is 0 Å². The van der Waals surface area contributed by atoms with Crippen LogP contribution in [0.3, 0.4) is 0 Å². The molecule has 0 unspecified atom stereocenters. The van der Waals surface area contributed by atoms with Crippen LogP contribution in [-0.2, 0) is 12.8 Å². The molecule has 5 rings (SSSR count). The van der Waals surface area contributed by atoms with Crippen molar-refractivity contribution in [2.75, 3.05) is 25.5 Å². The van der Waals surface area contributed by atoms with Crippen LogP contribution in [0.4, 0.5) is 5.69 Å². The molecule has 2 aliphatic rings. The highest BCUT2D eigenvalue weighted by Gasteiger charge is 2.23. The molecule has 3 nitrogen and oxygen atoms in total. The maximum absolute atomic E-state index is 5.00. The van der Waals surface area contributed by atoms with Crippen LogP contribution in [-0.4, -0.2) is 25.1 Å². The number of aromatic nitrogens is 1. The standard InChI is InChI=1S/C24H27N3.C4H10.C2H6/c1-25-10-2-3-16-6-8-18(9-7-16)22-14-23(26-15-17-4-5-17)21-12-19-11-20(19)13-24(21)27-22;1-3-4-2;1-2/h6-9,12-14,17,25H,2-5,10-11,15H2,1H3,(H,26,27);3-4H2,1-2H3;1-2H3. The van der Waals surface area contributed by atoms with Gasteiger partial charge in [0.05, 0.1) is 11.2 Å². The predicted molar refractivity (Wildman–Crippen MR) is 145 cm³/mol. The van der Waals surface area contributed by atoms with E-state index in [0.717, 1.165) is 43.1 Å². The van der Waals surface area contributed by atoms with E-state index in [1.54, 1.807) is 0 Å². The average molecular weight is 446 g/mol. The first kappa shape index (κ1) is 25.2. The van der Waals surface area contributed by atoms with Gasteiger partial charge >= 0.3 is 0 Å². The molecule has 33 heavy (non-hydrogen) atoms. The van der Waals surface area contributed by atoms with Crippen LogP contribution >= 0.6 is 0 Å². The Morgan fingerprint density at radius 1 is 0.939 bits per heavy atom. The largest absolute Gasteiger partial charge is 0.384 e. The smallest absolute Gasteiger partial charge is 0.0733 e. The normalized spacial score (nSPS) is 13.4. The fraction of sp³-hybridized carbons (Fsp3) is 0.500. The maximum Gasteiger partial charge on any atom is 0.0733 e. The zero-order valence-electron chi connectivity index (χ0n) is 21.4. The third-order valence-corrected chi connectivity index (χ3v) is 6.31. The molecule has 1 saturated carbocycles. The molecule has 0 saturated heterocycles. The highest BCUT2D eigenvalue weighted by Crippen LogP contribution is 2.37. The first-order valence-corrected chi connectivity index (χ1v) is 13.2. The van der Waals surface area contributed by atoms with Crippen molar-refractivity contribution >= 4 is 16.6 Å². The molecule has 3 heteroatoms. The van der Waals surface area contributed by atoms with Gasteiger partial charge in [-0.15, -0.1) is 0 Å². The second kappa shape index (κ2) is 12.7. The molecule has 2 aromatic carbocycles. The van der Waals surface area contributed by atoms with E-state index in [-0.39, 0.29) is 0 Å². The Bertz CT molecular complexity index is 1000. The molecule has 0 radical (unpaired) electrons. The number of hydrogen-bond donors (Lipinski definition) is 2. The number of hydrogen-bond acceptors (Lipinski definition) is 3. The van der Waals surface area contributed by atoms with Crippen LogP contribution in [0.1, 0.15) is 76.5 Å². The number of rotatable bonds is 9. The van der Waals surface area contributed by atoms with Crippen LogP contribution in [0.25, 0.3) is 22.2 Å². The molecule has 2 N–H and O–H groups in total. The van der Waals surface area contributed by atoms with Crippen molar-refractivity contribution in [2.45, 2.75) is 72.6 Å². The minimum Gasteiger partial charge on any atom is -0.384 e. The van der Waals surface area contributed by atoms with Crippen molar-refractivity contribution in [1.82, 2.24) is 10.3 Å². The average Bonchev–Trinajstić information content (AvgIpc) is 3.79. The summed E-state index contributed by atoms with van der Waals surface area (Å²) in [6, 6.07) is 15.8. The van der Waals surface area contributed by atoms with Crippen LogP contribution in [0.2, 0.25) is 0 Å². The number of nitrogens with zero attached hydrogens (tertiary/aromatic N) is 1. The molecule has 1 heterocycles. The van der Waals surface area contributed by atoms with E-state index in [9.17, 15) is 0 Å². The SMILES string of the molecule is CC.CCCC.CNCCCc1ccc(-c2cc(NCC3CC3)c3cc4c(cc3n2)C4)cc1. The highest BCUT2D eigenvalue weighted by molar-refractivity contribution is 5.96. The summed E-state index contributed by atoms with van der Waals surface area (Å²) in [5.41, 5.74) is 8.98. The number of unbranched alkanes of at least 4 members (excludes halogenated alkanes) is 1. The lowest BCUT2D eigenvalue weighted by atomic mass is 10.0. The Morgan fingerprint density at radius 2 is 1.64 bits per heavy atom. The van der Waals surface area contributed by atoms with E-state index >= 15 is 0 Å². The molecule has 2 aliphatic carbocycles. The second-order valence-corrected chi connectivity index (χ2v) is 9.10. The highest BCUT2D eigenvalue weighted by atomic mass is 14.9. The second-order valence-electron chi connectivity index (χ2n) is 9.10. The summed E-state index contributed by atoms with van der Waals surface area (Å²) in [5, 5.41) is 8.20. The number of benzene rings is 2. The summed E-state index contributed by atoms with van der Waals surface area (Å²) >= 11 is 0. The predicted octanol–water partition coefficient (Wildman–Crippen LogP) is 7.61. The fourth-order valence-corrected chi connectivity index (χ4v) is 3.81. The van der Waals surface area contributed by atoms with Gasteiger partial charge < -0.3 is 10.6 Å². The van der Waals surface area contributed by atoms with Crippen molar-refractivity contribution in [2.24, 2.45) is 5.92 Å². The minimum absolute atomic E-state index is 0.859. The van der Waals surface area contributed by atoms with Crippen molar-refractivity contribution in [3.63, 3.8) is 0 Å². The monoisotopic (exact) mass is 445 g/mol. The van der Waals surface area contributed by atoms with Crippen molar-refractivity contribution in [3.05, 3.63) is 59.2 Å². The van der Waals surface area contributed by atoms with Crippen molar-refractivity contribution < 1.29 is 0 Å². The Labute approximate surface area is 201 Å². The van der Waals surface area contributed by atoms with Gasteiger partial charge in [0.25, 0.3) is 0 Å². The van der Waals surface area contributed by atoms with E-state index in [1.165, 1.54) is 65.4 Å². The van der Waals surface area contributed by atoms with Gasteiger partial charge in [-0.3, -0.25) is 0 Å². The topological polar surface area (TPSA) is 37.0 Å². The van der Waals surface area contributed by atoms with Gasteiger partial charge in [0, 0.05) is 23.2 Å². The van der Waals surface area contributed by atoms with Crippen molar-refractivity contribution in [3.8, 4) is 11.3 Å². The fourth-order valence-electron chi connectivity index (χ4n) is 3.81. The van der Waals surface area contributed by atoms with E-state index in [4.69, 9.17) is 4.98 Å². The summed E-state index contributed by atoms with van der Waals surface area (Å²) in [7, 11) is 2.01. The summed E-state index contributed by atoms with van der Waals surface area (Å²) in [6.07, 6.45) is 8.80. The van der Waals surface area contributed by atoms with Crippen molar-refractivity contribution in [1.29, 1.82) is 0 Å². The van der Waals surface area contributed by atoms with Crippen LogP contribution in [0.15, 0.2) is 42.5 Å². The molecule has 3 aromatic rings. The quantitative estimate of drug-likeness (QED) is 0.260. The van der Waals surface area contributed by atoms with Gasteiger partial charge in [-0.1, -0.05) is 64.8 Å². The Morgan fingerprint density at radius 3 is 2.27 bits per heavy atom. The van der Waals surface area contributed by atoms with E-state index in [1.807, 2.05) is 20.9 Å². The summed E-state index contributed by atoms with van der Waals surface area (Å²) in [6.45, 7) is 10.5. The lowest BCUT2D eigenvalue weighted by molar-refractivity contribution is 0.725. The number of fused-ring (bicyclic) bond motifs is 2. The number of aryl methyl sites for hydroxylation is 1. The third kappa shape index (κ3) is 7.30. The van der Waals surface area contributed by atoms with Gasteiger partial charge in [0.15, 0.2) is 0 Å².